The molecule has 0 unspecified atom stereocenters. The number of anilines is 2. The molecular weight excluding hydrogens is 232 g/mol. The molecule has 0 saturated carbocycles. The SMILES string of the molecule is O=C(O)CCCCNc1ccc2c(c1)CC(=O)N2. The van der Waals surface area contributed by atoms with E-state index in [1.807, 2.05) is 18.2 Å². The van der Waals surface area contributed by atoms with Crippen LogP contribution in [0.1, 0.15) is 24.8 Å². The third-order valence-electron chi connectivity index (χ3n) is 2.88. The summed E-state index contributed by atoms with van der Waals surface area (Å²) in [6.07, 6.45) is 2.14. The zero-order valence-corrected chi connectivity index (χ0v) is 10.0. The predicted molar refractivity (Wildman–Crippen MR) is 68.8 cm³/mol. The molecule has 0 aromatic heterocycles. The predicted octanol–water partition coefficient (Wildman–Crippen LogP) is 1.85. The van der Waals surface area contributed by atoms with E-state index >= 15 is 0 Å². The summed E-state index contributed by atoms with van der Waals surface area (Å²) in [7, 11) is 0. The van der Waals surface area contributed by atoms with Crippen LogP contribution >= 0.6 is 0 Å². The fraction of sp³-hybridized carbons (Fsp3) is 0.385. The molecular formula is C13H16N2O3. The highest BCUT2D eigenvalue weighted by Gasteiger charge is 2.17. The number of fused-ring (bicyclic) bond motifs is 1. The minimum Gasteiger partial charge on any atom is -0.481 e. The molecule has 0 spiro atoms. The van der Waals surface area contributed by atoms with Gasteiger partial charge >= 0.3 is 5.97 Å². The molecule has 0 atom stereocenters. The summed E-state index contributed by atoms with van der Waals surface area (Å²) in [5, 5.41) is 14.5. The lowest BCUT2D eigenvalue weighted by Crippen LogP contribution is -2.03. The van der Waals surface area contributed by atoms with E-state index in [4.69, 9.17) is 5.11 Å². The third-order valence-corrected chi connectivity index (χ3v) is 2.88. The lowest BCUT2D eigenvalue weighted by Gasteiger charge is -2.07. The van der Waals surface area contributed by atoms with Gasteiger partial charge in [0.05, 0.1) is 6.42 Å². The standard InChI is InChI=1S/C13H16N2O3/c16-12-8-9-7-10(4-5-11(9)15-12)14-6-2-1-3-13(17)18/h4-5,7,14H,1-3,6,8H2,(H,15,16)(H,17,18). The maximum absolute atomic E-state index is 11.2. The van der Waals surface area contributed by atoms with Crippen LogP contribution in [0.4, 0.5) is 11.4 Å². The molecule has 0 bridgehead atoms. The van der Waals surface area contributed by atoms with Gasteiger partial charge in [-0.25, -0.2) is 0 Å². The fourth-order valence-electron chi connectivity index (χ4n) is 1.97. The fourth-order valence-corrected chi connectivity index (χ4v) is 1.97. The molecule has 5 heteroatoms. The van der Waals surface area contributed by atoms with Gasteiger partial charge in [0.15, 0.2) is 0 Å². The Kier molecular flexibility index (Phi) is 3.82. The van der Waals surface area contributed by atoms with Crippen LogP contribution < -0.4 is 10.6 Å². The average molecular weight is 248 g/mol. The molecule has 0 fully saturated rings. The van der Waals surface area contributed by atoms with Crippen molar-refractivity contribution in [1.82, 2.24) is 0 Å². The van der Waals surface area contributed by atoms with E-state index in [1.165, 1.54) is 0 Å². The quantitative estimate of drug-likeness (QED) is 0.671. The van der Waals surface area contributed by atoms with Gasteiger partial charge in [0.25, 0.3) is 0 Å². The highest BCUT2D eigenvalue weighted by Crippen LogP contribution is 2.25. The van der Waals surface area contributed by atoms with Crippen molar-refractivity contribution in [1.29, 1.82) is 0 Å². The summed E-state index contributed by atoms with van der Waals surface area (Å²) < 4.78 is 0. The molecule has 1 amide bonds. The lowest BCUT2D eigenvalue weighted by molar-refractivity contribution is -0.137. The van der Waals surface area contributed by atoms with Crippen molar-refractivity contribution >= 4 is 23.3 Å². The number of hydrogen-bond acceptors (Lipinski definition) is 3. The van der Waals surface area contributed by atoms with E-state index in [1.54, 1.807) is 0 Å². The largest absolute Gasteiger partial charge is 0.481 e. The Labute approximate surface area is 105 Å². The first-order valence-electron chi connectivity index (χ1n) is 6.03. The minimum atomic E-state index is -0.753. The van der Waals surface area contributed by atoms with Gasteiger partial charge in [-0.2, -0.15) is 0 Å². The van der Waals surface area contributed by atoms with Crippen LogP contribution in [-0.4, -0.2) is 23.5 Å². The van der Waals surface area contributed by atoms with E-state index in [-0.39, 0.29) is 12.3 Å². The Morgan fingerprint density at radius 2 is 2.22 bits per heavy atom. The van der Waals surface area contributed by atoms with Gasteiger partial charge in [-0.3, -0.25) is 9.59 Å². The number of nitrogens with one attached hydrogen (secondary N) is 2. The second-order valence-corrected chi connectivity index (χ2v) is 4.37. The van der Waals surface area contributed by atoms with Crippen LogP contribution in [0.25, 0.3) is 0 Å². The maximum Gasteiger partial charge on any atom is 0.303 e. The van der Waals surface area contributed by atoms with Crippen LogP contribution in [0, 0.1) is 0 Å². The number of amides is 1. The maximum atomic E-state index is 11.2. The second kappa shape index (κ2) is 5.53. The molecule has 1 aromatic carbocycles. The summed E-state index contributed by atoms with van der Waals surface area (Å²) in [4.78, 5) is 21.5. The van der Waals surface area contributed by atoms with Crippen molar-refractivity contribution in [2.45, 2.75) is 25.7 Å². The van der Waals surface area contributed by atoms with Crippen LogP contribution in [-0.2, 0) is 16.0 Å². The third kappa shape index (κ3) is 3.23. The molecule has 0 saturated heterocycles. The normalized spacial score (nSPS) is 13.0. The van der Waals surface area contributed by atoms with Crippen molar-refractivity contribution < 1.29 is 14.7 Å². The summed E-state index contributed by atoms with van der Waals surface area (Å²) in [5.41, 5.74) is 2.87. The molecule has 1 aliphatic rings. The number of benzene rings is 1. The number of hydrogen-bond donors (Lipinski definition) is 3. The molecule has 0 radical (unpaired) electrons. The molecule has 5 nitrogen and oxygen atoms in total. The van der Waals surface area contributed by atoms with Crippen molar-refractivity contribution in [2.75, 3.05) is 17.2 Å². The van der Waals surface area contributed by atoms with E-state index in [0.717, 1.165) is 29.9 Å². The monoisotopic (exact) mass is 248 g/mol. The van der Waals surface area contributed by atoms with Crippen molar-refractivity contribution in [2.24, 2.45) is 0 Å². The van der Waals surface area contributed by atoms with Crippen molar-refractivity contribution in [3.63, 3.8) is 0 Å². The Morgan fingerprint density at radius 3 is 3.00 bits per heavy atom. The first kappa shape index (κ1) is 12.4. The van der Waals surface area contributed by atoms with Crippen LogP contribution in [0.3, 0.4) is 0 Å². The average Bonchev–Trinajstić information content (AvgIpc) is 2.67. The second-order valence-electron chi connectivity index (χ2n) is 4.37. The molecule has 1 aromatic rings. The summed E-state index contributed by atoms with van der Waals surface area (Å²) in [6.45, 7) is 0.743. The van der Waals surface area contributed by atoms with Crippen molar-refractivity contribution in [3.8, 4) is 0 Å². The van der Waals surface area contributed by atoms with Crippen LogP contribution in [0.5, 0.6) is 0 Å². The summed E-state index contributed by atoms with van der Waals surface area (Å²) >= 11 is 0. The topological polar surface area (TPSA) is 78.4 Å². The first-order chi connectivity index (χ1) is 8.65. The number of unbranched alkanes of at least 4 members (excludes halogenated alkanes) is 1. The molecule has 3 N–H and O–H groups in total. The molecule has 2 rings (SSSR count). The van der Waals surface area contributed by atoms with E-state index in [9.17, 15) is 9.59 Å². The van der Waals surface area contributed by atoms with Gasteiger partial charge in [0.1, 0.15) is 0 Å². The highest BCUT2D eigenvalue weighted by atomic mass is 16.4. The van der Waals surface area contributed by atoms with Gasteiger partial charge in [-0.05, 0) is 36.6 Å². The highest BCUT2D eigenvalue weighted by molar-refractivity contribution is 5.99. The molecule has 1 aliphatic heterocycles. The van der Waals surface area contributed by atoms with E-state index in [0.29, 0.717) is 12.8 Å². The minimum absolute atomic E-state index is 0.0311. The van der Waals surface area contributed by atoms with Crippen molar-refractivity contribution in [3.05, 3.63) is 23.8 Å². The number of aliphatic carboxylic acids is 1. The first-order valence-corrected chi connectivity index (χ1v) is 6.03. The van der Waals surface area contributed by atoms with Gasteiger partial charge in [0, 0.05) is 24.3 Å². The lowest BCUT2D eigenvalue weighted by atomic mass is 10.1. The van der Waals surface area contributed by atoms with Crippen LogP contribution in [0.2, 0.25) is 0 Å². The number of carboxylic acids is 1. The molecule has 18 heavy (non-hydrogen) atoms. The molecule has 0 aliphatic carbocycles. The van der Waals surface area contributed by atoms with Gasteiger partial charge in [-0.15, -0.1) is 0 Å². The van der Waals surface area contributed by atoms with E-state index < -0.39 is 5.97 Å². The van der Waals surface area contributed by atoms with Gasteiger partial charge in [0.2, 0.25) is 5.91 Å². The Morgan fingerprint density at radius 1 is 1.39 bits per heavy atom. The summed E-state index contributed by atoms with van der Waals surface area (Å²) in [6, 6.07) is 5.77. The molecule has 1 heterocycles. The summed E-state index contributed by atoms with van der Waals surface area (Å²) in [5.74, 6) is -0.722. The number of carbonyl (C=O) groups excluding carboxylic acids is 1. The Balaban J connectivity index is 1.79. The van der Waals surface area contributed by atoms with Gasteiger partial charge in [-0.1, -0.05) is 0 Å². The van der Waals surface area contributed by atoms with E-state index in [2.05, 4.69) is 10.6 Å². The molecule has 96 valence electrons. The van der Waals surface area contributed by atoms with Crippen LogP contribution in [0.15, 0.2) is 18.2 Å². The van der Waals surface area contributed by atoms with Gasteiger partial charge < -0.3 is 15.7 Å². The number of rotatable bonds is 6. The number of carboxylic acid groups (broad SMARTS) is 1. The smallest absolute Gasteiger partial charge is 0.303 e. The Hall–Kier alpha value is -2.04. The zero-order chi connectivity index (χ0) is 13.0. The number of carbonyl (C=O) groups is 2. The zero-order valence-electron chi connectivity index (χ0n) is 10.0. The Bertz CT molecular complexity index is 471.